The maximum absolute atomic E-state index is 13.4. The summed E-state index contributed by atoms with van der Waals surface area (Å²) in [4.78, 5) is 23.5. The summed E-state index contributed by atoms with van der Waals surface area (Å²) < 4.78 is 40.3. The smallest absolute Gasteiger partial charge is 0.320 e. The van der Waals surface area contributed by atoms with Gasteiger partial charge < -0.3 is 9.47 Å². The lowest BCUT2D eigenvalue weighted by Gasteiger charge is -2.24. The third kappa shape index (κ3) is 5.05. The predicted octanol–water partition coefficient (Wildman–Crippen LogP) is 5.34. The normalized spacial score (nSPS) is 11.7. The monoisotopic (exact) mass is 452 g/mol. The Hall–Kier alpha value is -3.68. The summed E-state index contributed by atoms with van der Waals surface area (Å²) >= 11 is 0. The van der Waals surface area contributed by atoms with Crippen molar-refractivity contribution >= 4 is 22.8 Å². The van der Waals surface area contributed by atoms with Crippen LogP contribution in [0.5, 0.6) is 0 Å². The molecular weight excluding hydrogens is 429 g/mol. The number of pyridine rings is 1. The van der Waals surface area contributed by atoms with Crippen molar-refractivity contribution in [1.29, 1.82) is 0 Å². The van der Waals surface area contributed by atoms with Crippen molar-refractivity contribution in [3.05, 3.63) is 89.4 Å². The average Bonchev–Trinajstić information content (AvgIpc) is 3.19. The van der Waals surface area contributed by atoms with Crippen LogP contribution in [0.3, 0.4) is 0 Å². The lowest BCUT2D eigenvalue weighted by Crippen LogP contribution is -2.35. The van der Waals surface area contributed by atoms with Gasteiger partial charge in [0.25, 0.3) is 0 Å². The minimum Gasteiger partial charge on any atom is -0.320 e. The number of hydrogen-bond acceptors (Lipinski definition) is 3. The molecule has 0 saturated heterocycles. The maximum Gasteiger partial charge on any atom is 0.416 e. The SMILES string of the molecule is Cc1ccc(N(CCc2ccc(C(F)(F)F)cc2)C(=O)Cn2cnc3ncccc32)cc1C. The molecule has 2 heterocycles. The van der Waals surface area contributed by atoms with Crippen molar-refractivity contribution in [2.45, 2.75) is 33.0 Å². The molecule has 5 nitrogen and oxygen atoms in total. The van der Waals surface area contributed by atoms with Gasteiger partial charge in [-0.2, -0.15) is 13.2 Å². The number of carbonyl (C=O) groups is 1. The summed E-state index contributed by atoms with van der Waals surface area (Å²) in [6, 6.07) is 14.5. The van der Waals surface area contributed by atoms with Gasteiger partial charge in [0, 0.05) is 18.4 Å². The van der Waals surface area contributed by atoms with Crippen LogP contribution >= 0.6 is 0 Å². The first kappa shape index (κ1) is 22.5. The van der Waals surface area contributed by atoms with Crippen molar-refractivity contribution in [3.63, 3.8) is 0 Å². The molecule has 0 unspecified atom stereocenters. The van der Waals surface area contributed by atoms with Gasteiger partial charge in [-0.25, -0.2) is 9.97 Å². The Labute approximate surface area is 189 Å². The number of rotatable bonds is 6. The van der Waals surface area contributed by atoms with Gasteiger partial charge in [-0.15, -0.1) is 0 Å². The largest absolute Gasteiger partial charge is 0.416 e. The second-order valence-corrected chi connectivity index (χ2v) is 7.98. The molecule has 0 saturated carbocycles. The standard InChI is InChI=1S/C25H23F3N4O/c1-17-5-10-21(14-18(17)2)32(13-11-19-6-8-20(9-7-19)25(26,27)28)23(33)15-31-16-30-24-22(31)4-3-12-29-24/h3-10,12,14,16H,11,13,15H2,1-2H3. The molecule has 0 aliphatic carbocycles. The minimum absolute atomic E-state index is 0.0716. The molecule has 0 atom stereocenters. The molecule has 2 aromatic carbocycles. The van der Waals surface area contributed by atoms with Gasteiger partial charge in [-0.1, -0.05) is 18.2 Å². The highest BCUT2D eigenvalue weighted by Gasteiger charge is 2.30. The lowest BCUT2D eigenvalue weighted by molar-refractivity contribution is -0.137. The molecule has 0 fully saturated rings. The zero-order valence-corrected chi connectivity index (χ0v) is 18.3. The topological polar surface area (TPSA) is 51.0 Å². The summed E-state index contributed by atoms with van der Waals surface area (Å²) in [6.45, 7) is 4.38. The van der Waals surface area contributed by atoms with E-state index >= 15 is 0 Å². The highest BCUT2D eigenvalue weighted by atomic mass is 19.4. The molecule has 0 radical (unpaired) electrons. The molecule has 1 amide bonds. The van der Waals surface area contributed by atoms with Crippen LogP contribution < -0.4 is 4.90 Å². The quantitative estimate of drug-likeness (QED) is 0.397. The Bertz CT molecular complexity index is 1280. The minimum atomic E-state index is -4.37. The molecule has 8 heteroatoms. The third-order valence-corrected chi connectivity index (χ3v) is 5.71. The Morgan fingerprint density at radius 3 is 2.45 bits per heavy atom. The number of hydrogen-bond donors (Lipinski definition) is 0. The predicted molar refractivity (Wildman–Crippen MR) is 121 cm³/mol. The lowest BCUT2D eigenvalue weighted by atomic mass is 10.1. The molecule has 0 N–H and O–H groups in total. The number of imidazole rings is 1. The number of halogens is 3. The van der Waals surface area contributed by atoms with Crippen molar-refractivity contribution in [1.82, 2.24) is 14.5 Å². The van der Waals surface area contributed by atoms with Gasteiger partial charge in [0.15, 0.2) is 5.65 Å². The van der Waals surface area contributed by atoms with E-state index in [9.17, 15) is 18.0 Å². The van der Waals surface area contributed by atoms with E-state index in [0.29, 0.717) is 18.6 Å². The van der Waals surface area contributed by atoms with E-state index in [1.54, 1.807) is 28.1 Å². The van der Waals surface area contributed by atoms with Crippen LogP contribution in [0.4, 0.5) is 18.9 Å². The second-order valence-electron chi connectivity index (χ2n) is 7.98. The summed E-state index contributed by atoms with van der Waals surface area (Å²) in [5.41, 5.74) is 4.27. The number of fused-ring (bicyclic) bond motifs is 1. The highest BCUT2D eigenvalue weighted by Crippen LogP contribution is 2.29. The number of anilines is 1. The third-order valence-electron chi connectivity index (χ3n) is 5.71. The van der Waals surface area contributed by atoms with Crippen molar-refractivity contribution in [2.75, 3.05) is 11.4 Å². The van der Waals surface area contributed by atoms with Crippen LogP contribution in [-0.4, -0.2) is 27.0 Å². The first-order valence-corrected chi connectivity index (χ1v) is 10.5. The number of aromatic nitrogens is 3. The summed E-state index contributed by atoms with van der Waals surface area (Å²) in [6.07, 6.45) is -0.720. The molecule has 0 bridgehead atoms. The number of aryl methyl sites for hydroxylation is 2. The van der Waals surface area contributed by atoms with Gasteiger partial charge in [-0.3, -0.25) is 4.79 Å². The molecule has 170 valence electrons. The summed E-state index contributed by atoms with van der Waals surface area (Å²) in [5, 5.41) is 0. The van der Waals surface area contributed by atoms with E-state index in [-0.39, 0.29) is 12.5 Å². The Kier molecular flexibility index (Phi) is 6.18. The number of alkyl halides is 3. The maximum atomic E-state index is 13.4. The van der Waals surface area contributed by atoms with E-state index < -0.39 is 11.7 Å². The fourth-order valence-electron chi connectivity index (χ4n) is 3.65. The molecule has 4 rings (SSSR count). The molecule has 0 aliphatic heterocycles. The van der Waals surface area contributed by atoms with Gasteiger partial charge in [-0.05, 0) is 73.4 Å². The van der Waals surface area contributed by atoms with Gasteiger partial charge in [0.05, 0.1) is 17.4 Å². The van der Waals surface area contributed by atoms with Crippen LogP contribution in [0.2, 0.25) is 0 Å². The van der Waals surface area contributed by atoms with Gasteiger partial charge >= 0.3 is 6.18 Å². The van der Waals surface area contributed by atoms with Crippen LogP contribution in [0, 0.1) is 13.8 Å². The van der Waals surface area contributed by atoms with Crippen LogP contribution in [0.15, 0.2) is 67.1 Å². The van der Waals surface area contributed by atoms with E-state index in [1.807, 2.05) is 38.1 Å². The fourth-order valence-corrected chi connectivity index (χ4v) is 3.65. The highest BCUT2D eigenvalue weighted by molar-refractivity contribution is 5.94. The zero-order chi connectivity index (χ0) is 23.6. The molecule has 33 heavy (non-hydrogen) atoms. The second kappa shape index (κ2) is 9.05. The molecule has 0 aliphatic rings. The van der Waals surface area contributed by atoms with Gasteiger partial charge in [0.2, 0.25) is 5.91 Å². The Balaban J connectivity index is 1.57. The summed E-state index contributed by atoms with van der Waals surface area (Å²) in [5.74, 6) is -0.145. The molecule has 0 spiro atoms. The van der Waals surface area contributed by atoms with Crippen LogP contribution in [-0.2, 0) is 23.9 Å². The van der Waals surface area contributed by atoms with Crippen molar-refractivity contribution in [3.8, 4) is 0 Å². The molecule has 4 aromatic rings. The zero-order valence-electron chi connectivity index (χ0n) is 18.3. The first-order chi connectivity index (χ1) is 15.7. The van der Waals surface area contributed by atoms with Gasteiger partial charge in [0.1, 0.15) is 6.54 Å². The van der Waals surface area contributed by atoms with E-state index in [2.05, 4.69) is 9.97 Å². The number of amides is 1. The fraction of sp³-hybridized carbons (Fsp3) is 0.240. The number of carbonyl (C=O) groups excluding carboxylic acids is 1. The number of benzene rings is 2. The first-order valence-electron chi connectivity index (χ1n) is 10.5. The molecular formula is C25H23F3N4O. The average molecular weight is 452 g/mol. The van der Waals surface area contributed by atoms with E-state index in [0.717, 1.165) is 40.0 Å². The van der Waals surface area contributed by atoms with E-state index in [1.165, 1.54) is 12.1 Å². The van der Waals surface area contributed by atoms with Crippen LogP contribution in [0.25, 0.3) is 11.2 Å². The molecule has 2 aromatic heterocycles. The number of nitrogens with zero attached hydrogens (tertiary/aromatic N) is 4. The van der Waals surface area contributed by atoms with E-state index in [4.69, 9.17) is 0 Å². The Morgan fingerprint density at radius 2 is 1.76 bits per heavy atom. The summed E-state index contributed by atoms with van der Waals surface area (Å²) in [7, 11) is 0. The van der Waals surface area contributed by atoms with Crippen molar-refractivity contribution in [2.24, 2.45) is 0 Å². The van der Waals surface area contributed by atoms with Crippen LogP contribution in [0.1, 0.15) is 22.3 Å². The Morgan fingerprint density at radius 1 is 1.00 bits per heavy atom. The van der Waals surface area contributed by atoms with Crippen molar-refractivity contribution < 1.29 is 18.0 Å².